The fourth-order valence-corrected chi connectivity index (χ4v) is 1.53. The molecule has 0 aromatic heterocycles. The van der Waals surface area contributed by atoms with Crippen molar-refractivity contribution >= 4 is 21.7 Å². The van der Waals surface area contributed by atoms with Crippen molar-refractivity contribution in [2.24, 2.45) is 0 Å². The third-order valence-corrected chi connectivity index (χ3v) is 2.50. The molecule has 0 N–H and O–H groups in total. The maximum absolute atomic E-state index is 13.3. The van der Waals surface area contributed by atoms with E-state index in [0.717, 1.165) is 5.57 Å². The number of ketones is 1. The highest BCUT2D eigenvalue weighted by molar-refractivity contribution is 9.10. The summed E-state index contributed by atoms with van der Waals surface area (Å²) in [5, 5.41) is 0. The smallest absolute Gasteiger partial charge is 0.166 e. The molecule has 1 rings (SSSR count). The van der Waals surface area contributed by atoms with Gasteiger partial charge in [0.15, 0.2) is 5.78 Å². The van der Waals surface area contributed by atoms with Gasteiger partial charge in [-0.3, -0.25) is 4.79 Å². The quantitative estimate of drug-likeness (QED) is 0.594. The van der Waals surface area contributed by atoms with Crippen LogP contribution in [0.1, 0.15) is 30.1 Å². The molecule has 0 unspecified atom stereocenters. The molecule has 0 aliphatic rings. The molecule has 3 heteroatoms. The Morgan fingerprint density at radius 1 is 1.47 bits per heavy atom. The van der Waals surface area contributed by atoms with Gasteiger partial charge in [-0.15, -0.1) is 6.58 Å². The summed E-state index contributed by atoms with van der Waals surface area (Å²) in [6.07, 6.45) is 0.910. The lowest BCUT2D eigenvalue weighted by Gasteiger charge is -2.03. The third-order valence-electron chi connectivity index (χ3n) is 2.01. The van der Waals surface area contributed by atoms with Gasteiger partial charge in [-0.25, -0.2) is 4.39 Å². The number of hydrogen-bond acceptors (Lipinski definition) is 1. The van der Waals surface area contributed by atoms with E-state index in [0.29, 0.717) is 17.3 Å². The van der Waals surface area contributed by atoms with Gasteiger partial charge in [-0.2, -0.15) is 0 Å². The van der Waals surface area contributed by atoms with Crippen LogP contribution in [0, 0.1) is 5.82 Å². The Morgan fingerprint density at radius 3 is 2.73 bits per heavy atom. The Bertz CT molecular complexity index is 399. The number of hydrogen-bond donors (Lipinski definition) is 0. The lowest BCUT2D eigenvalue weighted by molar-refractivity contribution is 0.0979. The van der Waals surface area contributed by atoms with E-state index in [4.69, 9.17) is 0 Å². The van der Waals surface area contributed by atoms with Crippen LogP contribution in [0.3, 0.4) is 0 Å². The topological polar surface area (TPSA) is 17.1 Å². The fourth-order valence-electron chi connectivity index (χ4n) is 1.17. The van der Waals surface area contributed by atoms with Gasteiger partial charge in [0.1, 0.15) is 5.82 Å². The number of allylic oxidation sites excluding steroid dienone is 1. The summed E-state index contributed by atoms with van der Waals surface area (Å²) in [6.45, 7) is 5.56. The second-order valence-corrected chi connectivity index (χ2v) is 4.42. The summed E-state index contributed by atoms with van der Waals surface area (Å²) >= 11 is 3.21. The van der Waals surface area contributed by atoms with Gasteiger partial charge in [-0.1, -0.05) is 21.5 Å². The molecule has 1 nitrogen and oxygen atoms in total. The van der Waals surface area contributed by atoms with E-state index in [1.165, 1.54) is 12.1 Å². The van der Waals surface area contributed by atoms with Gasteiger partial charge < -0.3 is 0 Å². The van der Waals surface area contributed by atoms with Gasteiger partial charge in [-0.05, 0) is 31.5 Å². The van der Waals surface area contributed by atoms with Crippen LogP contribution in [0.4, 0.5) is 4.39 Å². The van der Waals surface area contributed by atoms with E-state index in [1.54, 1.807) is 6.07 Å². The third kappa shape index (κ3) is 3.59. The predicted octanol–water partition coefficient (Wildman–Crippen LogP) is 4.13. The molecule has 0 saturated carbocycles. The summed E-state index contributed by atoms with van der Waals surface area (Å²) in [4.78, 5) is 11.6. The molecule has 1 aromatic carbocycles. The van der Waals surface area contributed by atoms with Gasteiger partial charge in [0.25, 0.3) is 0 Å². The number of Topliss-reactive ketones (excluding diaryl/α,β-unsaturated/α-hetero) is 1. The summed E-state index contributed by atoms with van der Waals surface area (Å²) < 4.78 is 14.0. The van der Waals surface area contributed by atoms with Crippen LogP contribution in [-0.2, 0) is 0 Å². The second kappa shape index (κ2) is 5.21. The minimum absolute atomic E-state index is 0.144. The largest absolute Gasteiger partial charge is 0.294 e. The fraction of sp³-hybridized carbons (Fsp3) is 0.250. The zero-order valence-corrected chi connectivity index (χ0v) is 10.1. The number of carbonyl (C=O) groups is 1. The summed E-state index contributed by atoms with van der Waals surface area (Å²) in [5.74, 6) is -0.651. The average Bonchev–Trinajstić information content (AvgIpc) is 2.18. The average molecular weight is 271 g/mol. The minimum atomic E-state index is -0.468. The number of halogens is 2. The van der Waals surface area contributed by atoms with Gasteiger partial charge in [0.2, 0.25) is 0 Å². The molecule has 0 bridgehead atoms. The molecule has 0 aliphatic heterocycles. The molecule has 0 radical (unpaired) electrons. The highest BCUT2D eigenvalue weighted by Crippen LogP contribution is 2.18. The molecule has 0 amide bonds. The molecule has 0 fully saturated rings. The molecular formula is C12H12BrFO. The highest BCUT2D eigenvalue weighted by Gasteiger charge is 2.11. The first-order valence-corrected chi connectivity index (χ1v) is 5.42. The van der Waals surface area contributed by atoms with Crippen LogP contribution in [-0.4, -0.2) is 5.78 Å². The van der Waals surface area contributed by atoms with E-state index in [-0.39, 0.29) is 11.3 Å². The molecule has 0 saturated heterocycles. The van der Waals surface area contributed by atoms with Crippen molar-refractivity contribution < 1.29 is 9.18 Å². The van der Waals surface area contributed by atoms with Crippen LogP contribution < -0.4 is 0 Å². The Balaban J connectivity index is 2.81. The van der Waals surface area contributed by atoms with Crippen molar-refractivity contribution in [2.45, 2.75) is 19.8 Å². The number of rotatable bonds is 4. The first-order chi connectivity index (χ1) is 7.00. The van der Waals surface area contributed by atoms with E-state index < -0.39 is 5.82 Å². The Kier molecular flexibility index (Phi) is 4.21. The maximum Gasteiger partial charge on any atom is 0.166 e. The van der Waals surface area contributed by atoms with Crippen molar-refractivity contribution in [1.82, 2.24) is 0 Å². The first kappa shape index (κ1) is 12.1. The Labute approximate surface area is 97.1 Å². The monoisotopic (exact) mass is 270 g/mol. The predicted molar refractivity (Wildman–Crippen MR) is 62.5 cm³/mol. The molecular weight excluding hydrogens is 259 g/mol. The first-order valence-electron chi connectivity index (χ1n) is 4.63. The van der Waals surface area contributed by atoms with Gasteiger partial charge >= 0.3 is 0 Å². The van der Waals surface area contributed by atoms with Crippen LogP contribution in [0.25, 0.3) is 0 Å². The zero-order valence-electron chi connectivity index (χ0n) is 8.52. The second-order valence-electron chi connectivity index (χ2n) is 3.50. The SMILES string of the molecule is C=C(C)CCC(=O)c1cc(Br)ccc1F. The summed E-state index contributed by atoms with van der Waals surface area (Å²) in [7, 11) is 0. The highest BCUT2D eigenvalue weighted by atomic mass is 79.9. The minimum Gasteiger partial charge on any atom is -0.294 e. The van der Waals surface area contributed by atoms with Crippen molar-refractivity contribution in [1.29, 1.82) is 0 Å². The Morgan fingerprint density at radius 2 is 2.13 bits per heavy atom. The zero-order chi connectivity index (χ0) is 11.4. The van der Waals surface area contributed by atoms with E-state index >= 15 is 0 Å². The molecule has 80 valence electrons. The normalized spacial score (nSPS) is 10.1. The molecule has 0 atom stereocenters. The maximum atomic E-state index is 13.3. The summed E-state index contributed by atoms with van der Waals surface area (Å²) in [5.41, 5.74) is 1.07. The van der Waals surface area contributed by atoms with E-state index in [9.17, 15) is 9.18 Å². The van der Waals surface area contributed by atoms with Crippen molar-refractivity contribution in [3.63, 3.8) is 0 Å². The molecule has 0 heterocycles. The lowest BCUT2D eigenvalue weighted by atomic mass is 10.0. The number of benzene rings is 1. The number of carbonyl (C=O) groups excluding carboxylic acids is 1. The van der Waals surface area contributed by atoms with Crippen LogP contribution in [0.5, 0.6) is 0 Å². The van der Waals surface area contributed by atoms with Gasteiger partial charge in [0, 0.05) is 10.9 Å². The molecule has 0 aliphatic carbocycles. The Hall–Kier alpha value is -0.960. The standard InChI is InChI=1S/C12H12BrFO/c1-8(2)3-6-12(15)10-7-9(13)4-5-11(10)14/h4-5,7H,1,3,6H2,2H3. The van der Waals surface area contributed by atoms with E-state index in [1.807, 2.05) is 6.92 Å². The van der Waals surface area contributed by atoms with Gasteiger partial charge in [0.05, 0.1) is 5.56 Å². The van der Waals surface area contributed by atoms with Crippen molar-refractivity contribution in [3.05, 3.63) is 46.2 Å². The van der Waals surface area contributed by atoms with Crippen molar-refractivity contribution in [3.8, 4) is 0 Å². The van der Waals surface area contributed by atoms with Crippen LogP contribution in [0.15, 0.2) is 34.8 Å². The molecule has 1 aromatic rings. The van der Waals surface area contributed by atoms with Crippen LogP contribution >= 0.6 is 15.9 Å². The lowest BCUT2D eigenvalue weighted by Crippen LogP contribution is -2.02. The van der Waals surface area contributed by atoms with Crippen LogP contribution in [0.2, 0.25) is 0 Å². The molecule has 15 heavy (non-hydrogen) atoms. The van der Waals surface area contributed by atoms with E-state index in [2.05, 4.69) is 22.5 Å². The summed E-state index contributed by atoms with van der Waals surface area (Å²) in [6, 6.07) is 4.37. The van der Waals surface area contributed by atoms with Crippen molar-refractivity contribution in [2.75, 3.05) is 0 Å². The molecule has 0 spiro atoms.